The number of benzene rings is 1. The third-order valence-electron chi connectivity index (χ3n) is 3.59. The van der Waals surface area contributed by atoms with E-state index in [1.165, 1.54) is 12.5 Å². The molecule has 1 heterocycles. The Labute approximate surface area is 112 Å². The van der Waals surface area contributed by atoms with Gasteiger partial charge in [-0.25, -0.2) is 5.01 Å². The maximum Gasteiger partial charge on any atom is 0.211 e. The predicted molar refractivity (Wildman–Crippen MR) is 71.7 cm³/mol. The zero-order valence-electron chi connectivity index (χ0n) is 10.7. The van der Waals surface area contributed by atoms with Crippen molar-refractivity contribution in [2.45, 2.75) is 19.3 Å². The van der Waals surface area contributed by atoms with Gasteiger partial charge in [-0.3, -0.25) is 9.59 Å². The molecule has 0 bridgehead atoms. The Morgan fingerprint density at radius 2 is 1.63 bits per heavy atom. The van der Waals surface area contributed by atoms with Crippen LogP contribution in [0.2, 0.25) is 0 Å². The molecule has 4 heteroatoms. The largest absolute Gasteiger partial charge is 0.315 e. The molecule has 1 fully saturated rings. The van der Waals surface area contributed by atoms with Gasteiger partial charge in [0, 0.05) is 30.3 Å². The van der Waals surface area contributed by atoms with Gasteiger partial charge in [-0.05, 0) is 12.8 Å². The second-order valence-corrected chi connectivity index (χ2v) is 4.96. The minimum atomic E-state index is -0.102. The van der Waals surface area contributed by atoms with E-state index >= 15 is 0 Å². The number of nitrogens with zero attached hydrogens (tertiary/aromatic N) is 1. The van der Waals surface area contributed by atoms with Crippen molar-refractivity contribution in [2.75, 3.05) is 13.1 Å². The predicted octanol–water partition coefficient (Wildman–Crippen LogP) is 1.94. The second kappa shape index (κ2) is 4.97. The standard InChI is InChI=1S/C15H16N2O2/c18-14-10-13(16-17-8-4-1-5-9-17)15(19)12-7-3-2-6-11(12)14/h2-3,6-7,10,16H,1,4-5,8-9H2. The van der Waals surface area contributed by atoms with Crippen molar-refractivity contribution in [1.29, 1.82) is 0 Å². The van der Waals surface area contributed by atoms with Gasteiger partial charge in [0.25, 0.3) is 0 Å². The van der Waals surface area contributed by atoms with E-state index in [4.69, 9.17) is 0 Å². The molecule has 1 aliphatic carbocycles. The summed E-state index contributed by atoms with van der Waals surface area (Å²) in [6.07, 6.45) is 4.89. The number of allylic oxidation sites excluding steroid dienone is 2. The molecule has 4 nitrogen and oxygen atoms in total. The lowest BCUT2D eigenvalue weighted by molar-refractivity contribution is 0.0944. The Kier molecular flexibility index (Phi) is 3.17. The molecule has 1 aliphatic heterocycles. The van der Waals surface area contributed by atoms with Crippen LogP contribution in [-0.4, -0.2) is 29.7 Å². The molecule has 19 heavy (non-hydrogen) atoms. The van der Waals surface area contributed by atoms with Crippen LogP contribution in [0.5, 0.6) is 0 Å². The summed E-state index contributed by atoms with van der Waals surface area (Å²) < 4.78 is 0. The lowest BCUT2D eigenvalue weighted by Crippen LogP contribution is -2.43. The van der Waals surface area contributed by atoms with Gasteiger partial charge in [0.15, 0.2) is 5.78 Å². The smallest absolute Gasteiger partial charge is 0.211 e. The van der Waals surface area contributed by atoms with Gasteiger partial charge in [0.2, 0.25) is 5.78 Å². The van der Waals surface area contributed by atoms with Crippen LogP contribution in [-0.2, 0) is 0 Å². The SMILES string of the molecule is O=C1C=C(NN2CCCCC2)C(=O)c2ccccc21. The van der Waals surface area contributed by atoms with E-state index < -0.39 is 0 Å². The first kappa shape index (κ1) is 12.1. The molecule has 1 aromatic rings. The number of fused-ring (bicyclic) bond motifs is 1. The molecule has 3 rings (SSSR count). The summed E-state index contributed by atoms with van der Waals surface area (Å²) in [5.41, 5.74) is 4.49. The molecule has 0 unspecified atom stereocenters. The summed E-state index contributed by atoms with van der Waals surface area (Å²) in [6, 6.07) is 6.97. The summed E-state index contributed by atoms with van der Waals surface area (Å²) in [6.45, 7) is 1.83. The molecular weight excluding hydrogens is 240 g/mol. The molecule has 0 spiro atoms. The first-order chi connectivity index (χ1) is 9.25. The third kappa shape index (κ3) is 2.31. The molecule has 2 aliphatic rings. The normalized spacial score (nSPS) is 19.9. The molecule has 98 valence electrons. The summed E-state index contributed by atoms with van der Waals surface area (Å²) in [5, 5.41) is 2.02. The van der Waals surface area contributed by atoms with Crippen LogP contribution in [0.15, 0.2) is 36.0 Å². The summed E-state index contributed by atoms with van der Waals surface area (Å²) in [4.78, 5) is 24.3. The van der Waals surface area contributed by atoms with Crippen LogP contribution in [0.3, 0.4) is 0 Å². The fourth-order valence-electron chi connectivity index (χ4n) is 2.57. The maximum atomic E-state index is 12.3. The van der Waals surface area contributed by atoms with Gasteiger partial charge in [-0.1, -0.05) is 30.7 Å². The van der Waals surface area contributed by atoms with E-state index in [1.807, 2.05) is 5.01 Å². The number of ketones is 2. The van der Waals surface area contributed by atoms with Crippen molar-refractivity contribution in [3.05, 3.63) is 47.2 Å². The summed E-state index contributed by atoms with van der Waals surface area (Å²) >= 11 is 0. The Morgan fingerprint density at radius 3 is 2.37 bits per heavy atom. The monoisotopic (exact) mass is 256 g/mol. The highest BCUT2D eigenvalue weighted by Crippen LogP contribution is 2.20. The number of carbonyl (C=O) groups is 2. The number of hydrazine groups is 1. The fourth-order valence-corrected chi connectivity index (χ4v) is 2.57. The molecule has 0 atom stereocenters. The van der Waals surface area contributed by atoms with Crippen molar-refractivity contribution in [3.63, 3.8) is 0 Å². The van der Waals surface area contributed by atoms with E-state index in [0.29, 0.717) is 16.8 Å². The van der Waals surface area contributed by atoms with Crippen molar-refractivity contribution < 1.29 is 9.59 Å². The second-order valence-electron chi connectivity index (χ2n) is 4.96. The van der Waals surface area contributed by atoms with Gasteiger partial charge in [-0.15, -0.1) is 0 Å². The Bertz CT molecular complexity index is 557. The van der Waals surface area contributed by atoms with Crippen LogP contribution in [0.4, 0.5) is 0 Å². The molecule has 1 aromatic carbocycles. The lowest BCUT2D eigenvalue weighted by atomic mass is 9.93. The molecule has 0 radical (unpaired) electrons. The zero-order valence-corrected chi connectivity index (χ0v) is 10.7. The number of hydrogen-bond donors (Lipinski definition) is 1. The van der Waals surface area contributed by atoms with Crippen molar-refractivity contribution >= 4 is 11.6 Å². The average molecular weight is 256 g/mol. The van der Waals surface area contributed by atoms with E-state index in [9.17, 15) is 9.59 Å². The number of Topliss-reactive ketones (excluding diaryl/α,β-unsaturated/α-hetero) is 1. The van der Waals surface area contributed by atoms with Crippen LogP contribution in [0.25, 0.3) is 0 Å². The van der Waals surface area contributed by atoms with Gasteiger partial charge in [-0.2, -0.15) is 0 Å². The van der Waals surface area contributed by atoms with E-state index in [1.54, 1.807) is 24.3 Å². The molecule has 0 aromatic heterocycles. The van der Waals surface area contributed by atoms with E-state index in [2.05, 4.69) is 5.43 Å². The Balaban J connectivity index is 1.84. The van der Waals surface area contributed by atoms with Crippen molar-refractivity contribution in [3.8, 4) is 0 Å². The van der Waals surface area contributed by atoms with Crippen LogP contribution < -0.4 is 5.43 Å². The first-order valence-electron chi connectivity index (χ1n) is 6.67. The van der Waals surface area contributed by atoms with Crippen molar-refractivity contribution in [2.24, 2.45) is 0 Å². The maximum absolute atomic E-state index is 12.3. The molecule has 1 saturated heterocycles. The highest BCUT2D eigenvalue weighted by atomic mass is 16.1. The number of piperidine rings is 1. The molecule has 0 saturated carbocycles. The van der Waals surface area contributed by atoms with E-state index in [-0.39, 0.29) is 11.6 Å². The first-order valence-corrected chi connectivity index (χ1v) is 6.67. The van der Waals surface area contributed by atoms with Crippen LogP contribution in [0.1, 0.15) is 40.0 Å². The number of hydrogen-bond acceptors (Lipinski definition) is 4. The summed E-state index contributed by atoms with van der Waals surface area (Å²) in [7, 11) is 0. The van der Waals surface area contributed by atoms with Gasteiger partial charge < -0.3 is 5.43 Å². The topological polar surface area (TPSA) is 49.4 Å². The highest BCUT2D eigenvalue weighted by molar-refractivity contribution is 6.24. The van der Waals surface area contributed by atoms with E-state index in [0.717, 1.165) is 25.9 Å². The van der Waals surface area contributed by atoms with Gasteiger partial charge in [0.1, 0.15) is 5.70 Å². The van der Waals surface area contributed by atoms with Crippen LogP contribution >= 0.6 is 0 Å². The van der Waals surface area contributed by atoms with Crippen LogP contribution in [0, 0.1) is 0 Å². The molecule has 1 N–H and O–H groups in total. The lowest BCUT2D eigenvalue weighted by Gasteiger charge is -2.29. The number of carbonyl (C=O) groups excluding carboxylic acids is 2. The van der Waals surface area contributed by atoms with Crippen molar-refractivity contribution in [1.82, 2.24) is 10.4 Å². The summed E-state index contributed by atoms with van der Waals surface area (Å²) in [5.74, 6) is -0.199. The number of rotatable bonds is 2. The molecule has 0 amide bonds. The highest BCUT2D eigenvalue weighted by Gasteiger charge is 2.26. The minimum Gasteiger partial charge on any atom is -0.315 e. The van der Waals surface area contributed by atoms with Gasteiger partial charge in [0.05, 0.1) is 0 Å². The average Bonchev–Trinajstić information content (AvgIpc) is 2.46. The zero-order chi connectivity index (χ0) is 13.2. The Hall–Kier alpha value is -1.94. The third-order valence-corrected chi connectivity index (χ3v) is 3.59. The molecular formula is C15H16N2O2. The fraction of sp³-hybridized carbons (Fsp3) is 0.333. The quantitative estimate of drug-likeness (QED) is 0.878. The van der Waals surface area contributed by atoms with Gasteiger partial charge >= 0.3 is 0 Å². The Morgan fingerprint density at radius 1 is 0.947 bits per heavy atom. The number of nitrogens with one attached hydrogen (secondary N) is 1. The minimum absolute atomic E-state index is 0.0965.